The van der Waals surface area contributed by atoms with E-state index in [0.29, 0.717) is 11.1 Å². The first-order valence-electron chi connectivity index (χ1n) is 7.06. The van der Waals surface area contributed by atoms with Gasteiger partial charge < -0.3 is 5.73 Å². The van der Waals surface area contributed by atoms with E-state index in [0.717, 1.165) is 4.90 Å². The van der Waals surface area contributed by atoms with Crippen molar-refractivity contribution in [1.82, 2.24) is 15.3 Å². The Kier molecular flexibility index (Phi) is 4.02. The lowest BCUT2D eigenvalue weighted by atomic mass is 10.1. The van der Waals surface area contributed by atoms with Gasteiger partial charge in [0.15, 0.2) is 0 Å². The third-order valence-electron chi connectivity index (χ3n) is 3.40. The Hall–Kier alpha value is -3.55. The van der Waals surface area contributed by atoms with Gasteiger partial charge in [-0.15, -0.1) is 0 Å². The van der Waals surface area contributed by atoms with Gasteiger partial charge in [-0.1, -0.05) is 18.2 Å². The second-order valence-corrected chi connectivity index (χ2v) is 5.00. The zero-order valence-corrected chi connectivity index (χ0v) is 12.5. The Labute approximate surface area is 137 Å². The molecule has 2 aromatic rings. The SMILES string of the molecule is N/C(CN1C(=O)c2ccccc2C1=O)=N/NC(=O)c1ccccn1. The van der Waals surface area contributed by atoms with Gasteiger partial charge in [-0.25, -0.2) is 5.43 Å². The quantitative estimate of drug-likeness (QED) is 0.365. The smallest absolute Gasteiger partial charge is 0.289 e. The molecule has 8 nitrogen and oxygen atoms in total. The number of aromatic nitrogens is 1. The molecule has 8 heteroatoms. The number of amides is 3. The van der Waals surface area contributed by atoms with E-state index in [-0.39, 0.29) is 18.1 Å². The number of hydrazone groups is 1. The van der Waals surface area contributed by atoms with Gasteiger partial charge in [0.1, 0.15) is 11.5 Å². The van der Waals surface area contributed by atoms with Gasteiger partial charge in [-0.2, -0.15) is 5.10 Å². The number of carbonyl (C=O) groups is 3. The molecule has 0 radical (unpaired) electrons. The molecule has 1 aliphatic heterocycles. The molecule has 1 aromatic heterocycles. The van der Waals surface area contributed by atoms with Crippen molar-refractivity contribution < 1.29 is 14.4 Å². The number of hydrogen-bond donors (Lipinski definition) is 2. The lowest BCUT2D eigenvalue weighted by Crippen LogP contribution is -2.39. The van der Waals surface area contributed by atoms with Crippen molar-refractivity contribution in [2.45, 2.75) is 0 Å². The van der Waals surface area contributed by atoms with Crippen LogP contribution in [0.3, 0.4) is 0 Å². The van der Waals surface area contributed by atoms with E-state index in [4.69, 9.17) is 5.73 Å². The summed E-state index contributed by atoms with van der Waals surface area (Å²) < 4.78 is 0. The zero-order chi connectivity index (χ0) is 17.1. The van der Waals surface area contributed by atoms with Crippen molar-refractivity contribution in [1.29, 1.82) is 0 Å². The van der Waals surface area contributed by atoms with E-state index in [9.17, 15) is 14.4 Å². The van der Waals surface area contributed by atoms with Crippen LogP contribution in [0.1, 0.15) is 31.2 Å². The summed E-state index contributed by atoms with van der Waals surface area (Å²) in [4.78, 5) is 41.1. The first kappa shape index (κ1) is 15.3. The van der Waals surface area contributed by atoms with Crippen LogP contribution in [0.4, 0.5) is 0 Å². The molecule has 0 saturated carbocycles. The van der Waals surface area contributed by atoms with Crippen LogP contribution in [0.25, 0.3) is 0 Å². The Balaban J connectivity index is 1.67. The highest BCUT2D eigenvalue weighted by Gasteiger charge is 2.35. The summed E-state index contributed by atoms with van der Waals surface area (Å²) in [6.45, 7) is -0.213. The van der Waals surface area contributed by atoms with Gasteiger partial charge in [0, 0.05) is 6.20 Å². The Morgan fingerprint density at radius 3 is 2.29 bits per heavy atom. The maximum absolute atomic E-state index is 12.2. The highest BCUT2D eigenvalue weighted by atomic mass is 16.2. The molecule has 0 bridgehead atoms. The molecule has 3 rings (SSSR count). The van der Waals surface area contributed by atoms with Gasteiger partial charge >= 0.3 is 0 Å². The number of benzene rings is 1. The Bertz CT molecular complexity index is 813. The molecule has 3 N–H and O–H groups in total. The molecule has 120 valence electrons. The minimum absolute atomic E-state index is 0.0752. The van der Waals surface area contributed by atoms with Crippen molar-refractivity contribution in [3.8, 4) is 0 Å². The maximum Gasteiger partial charge on any atom is 0.289 e. The van der Waals surface area contributed by atoms with Crippen LogP contribution in [0, 0.1) is 0 Å². The molecule has 0 unspecified atom stereocenters. The summed E-state index contributed by atoms with van der Waals surface area (Å²) in [7, 11) is 0. The van der Waals surface area contributed by atoms with Crippen molar-refractivity contribution in [3.63, 3.8) is 0 Å². The van der Waals surface area contributed by atoms with Gasteiger partial charge in [-0.3, -0.25) is 24.3 Å². The van der Waals surface area contributed by atoms with Crippen LogP contribution < -0.4 is 11.2 Å². The monoisotopic (exact) mass is 323 g/mol. The van der Waals surface area contributed by atoms with Gasteiger partial charge in [0.2, 0.25) is 0 Å². The molecule has 1 aliphatic rings. The van der Waals surface area contributed by atoms with Crippen LogP contribution in [0.2, 0.25) is 0 Å². The fourth-order valence-corrected chi connectivity index (χ4v) is 2.26. The molecular formula is C16H13N5O3. The fraction of sp³-hybridized carbons (Fsp3) is 0.0625. The van der Waals surface area contributed by atoms with Crippen LogP contribution in [-0.2, 0) is 0 Å². The van der Waals surface area contributed by atoms with E-state index >= 15 is 0 Å². The summed E-state index contributed by atoms with van der Waals surface area (Å²) in [6, 6.07) is 11.4. The van der Waals surface area contributed by atoms with E-state index < -0.39 is 17.7 Å². The summed E-state index contributed by atoms with van der Waals surface area (Å²) in [5, 5.41) is 3.70. The van der Waals surface area contributed by atoms with Gasteiger partial charge in [0.25, 0.3) is 17.7 Å². The second kappa shape index (κ2) is 6.29. The van der Waals surface area contributed by atoms with E-state index in [1.54, 1.807) is 36.4 Å². The van der Waals surface area contributed by atoms with Crippen LogP contribution in [0.5, 0.6) is 0 Å². The number of pyridine rings is 1. The molecule has 24 heavy (non-hydrogen) atoms. The Morgan fingerprint density at radius 2 is 1.71 bits per heavy atom. The number of amidine groups is 1. The lowest BCUT2D eigenvalue weighted by Gasteiger charge is -2.12. The van der Waals surface area contributed by atoms with Crippen molar-refractivity contribution in [3.05, 3.63) is 65.5 Å². The molecule has 0 spiro atoms. The largest absolute Gasteiger partial charge is 0.384 e. The number of nitrogens with zero attached hydrogens (tertiary/aromatic N) is 3. The summed E-state index contributed by atoms with van der Waals surface area (Å²) in [5.41, 5.74) is 8.77. The number of rotatable bonds is 4. The highest BCUT2D eigenvalue weighted by Crippen LogP contribution is 2.21. The predicted octanol–water partition coefficient (Wildman–Crippen LogP) is 0.380. The van der Waals surface area contributed by atoms with E-state index in [2.05, 4.69) is 15.5 Å². The normalized spacial score (nSPS) is 13.8. The summed E-state index contributed by atoms with van der Waals surface area (Å²) in [5.74, 6) is -1.50. The number of fused-ring (bicyclic) bond motifs is 1. The molecule has 1 aromatic carbocycles. The molecule has 0 fully saturated rings. The number of imide groups is 1. The molecule has 0 saturated heterocycles. The minimum atomic E-state index is -0.541. The number of nitrogens with one attached hydrogen (secondary N) is 1. The van der Waals surface area contributed by atoms with Crippen molar-refractivity contribution in [2.75, 3.05) is 6.54 Å². The molecule has 0 atom stereocenters. The standard InChI is InChI=1S/C16H13N5O3/c17-13(19-20-14(22)12-7-3-4-8-18-12)9-21-15(23)10-5-1-2-6-11(10)16(21)24/h1-8H,9H2,(H2,17,19)(H,20,22). The number of hydrogen-bond acceptors (Lipinski definition) is 5. The average Bonchev–Trinajstić information content (AvgIpc) is 2.86. The van der Waals surface area contributed by atoms with E-state index in [1.807, 2.05) is 0 Å². The number of nitrogens with two attached hydrogens (primary N) is 1. The molecule has 2 heterocycles. The molecular weight excluding hydrogens is 310 g/mol. The van der Waals surface area contributed by atoms with E-state index in [1.165, 1.54) is 12.3 Å². The molecule has 0 aliphatic carbocycles. The van der Waals surface area contributed by atoms with Crippen LogP contribution >= 0.6 is 0 Å². The molecule has 3 amide bonds. The first-order valence-corrected chi connectivity index (χ1v) is 7.06. The van der Waals surface area contributed by atoms with Crippen LogP contribution in [-0.4, -0.2) is 40.0 Å². The van der Waals surface area contributed by atoms with Crippen molar-refractivity contribution in [2.24, 2.45) is 10.8 Å². The fourth-order valence-electron chi connectivity index (χ4n) is 2.26. The van der Waals surface area contributed by atoms with Crippen LogP contribution in [0.15, 0.2) is 53.8 Å². The Morgan fingerprint density at radius 1 is 1.08 bits per heavy atom. The third-order valence-corrected chi connectivity index (χ3v) is 3.40. The maximum atomic E-state index is 12.2. The van der Waals surface area contributed by atoms with Crippen molar-refractivity contribution >= 4 is 23.6 Å². The number of carbonyl (C=O) groups excluding carboxylic acids is 3. The lowest BCUT2D eigenvalue weighted by molar-refractivity contribution is 0.0677. The summed E-state index contributed by atoms with van der Waals surface area (Å²) in [6.07, 6.45) is 1.47. The highest BCUT2D eigenvalue weighted by molar-refractivity contribution is 6.22. The summed E-state index contributed by atoms with van der Waals surface area (Å²) >= 11 is 0. The van der Waals surface area contributed by atoms with Gasteiger partial charge in [0.05, 0.1) is 17.7 Å². The topological polar surface area (TPSA) is 118 Å². The third kappa shape index (κ3) is 2.84. The zero-order valence-electron chi connectivity index (χ0n) is 12.5. The van der Waals surface area contributed by atoms with Gasteiger partial charge in [-0.05, 0) is 24.3 Å². The average molecular weight is 323 g/mol. The predicted molar refractivity (Wildman–Crippen MR) is 85.1 cm³/mol. The first-order chi connectivity index (χ1) is 11.6. The minimum Gasteiger partial charge on any atom is -0.384 e. The second-order valence-electron chi connectivity index (χ2n) is 5.00.